The Labute approximate surface area is 163 Å². The van der Waals surface area contributed by atoms with Gasteiger partial charge in [0.15, 0.2) is 11.6 Å². The Kier molecular flexibility index (Phi) is 4.76. The summed E-state index contributed by atoms with van der Waals surface area (Å²) in [6, 6.07) is 1.75. The first-order valence-corrected chi connectivity index (χ1v) is 8.87. The number of hydrogen-bond donors (Lipinski definition) is 2. The summed E-state index contributed by atoms with van der Waals surface area (Å²) in [4.78, 5) is 36.9. The minimum Gasteiger partial charge on any atom is -0.453 e. The highest BCUT2D eigenvalue weighted by molar-refractivity contribution is 5.90. The van der Waals surface area contributed by atoms with Gasteiger partial charge < -0.3 is 29.7 Å². The lowest BCUT2D eigenvalue weighted by Crippen LogP contribution is -2.34. The van der Waals surface area contributed by atoms with Crippen molar-refractivity contribution in [2.45, 2.75) is 18.2 Å². The molecule has 0 bridgehead atoms. The van der Waals surface area contributed by atoms with E-state index in [-0.39, 0.29) is 43.6 Å². The van der Waals surface area contributed by atoms with Crippen LogP contribution in [0.15, 0.2) is 12.1 Å². The van der Waals surface area contributed by atoms with Crippen molar-refractivity contribution >= 4 is 29.7 Å². The largest absolute Gasteiger partial charge is 0.453 e. The van der Waals surface area contributed by atoms with E-state index in [9.17, 15) is 23.2 Å². The number of rotatable bonds is 4. The number of methoxy groups -OCH3 is 1. The molecule has 3 aliphatic rings. The quantitative estimate of drug-likeness (QED) is 0.709. The monoisotopic (exact) mass is 412 g/mol. The van der Waals surface area contributed by atoms with Crippen LogP contribution >= 0.6 is 0 Å². The summed E-state index contributed by atoms with van der Waals surface area (Å²) < 4.78 is 44.0. The summed E-state index contributed by atoms with van der Waals surface area (Å²) in [7, 11) is 1.20. The van der Waals surface area contributed by atoms with E-state index in [1.165, 1.54) is 12.0 Å². The number of carbonyl (C=O) groups excluding carboxylic acids is 3. The number of amides is 3. The van der Waals surface area contributed by atoms with Crippen molar-refractivity contribution in [3.63, 3.8) is 0 Å². The van der Waals surface area contributed by atoms with Crippen LogP contribution in [-0.4, -0.2) is 69.8 Å². The second kappa shape index (κ2) is 7.26. The molecule has 1 aromatic rings. The fraction of sp³-hybridized carbons (Fsp3) is 0.471. The highest BCUT2D eigenvalue weighted by atomic mass is 19.1. The lowest BCUT2D eigenvalue weighted by Gasteiger charge is -2.22. The standard InChI is InChI=1S/C17H18F2N4O6/c1-27-15(24)20-4-9-5-23(17(26)28-9)8-2-10(18)14(11(19)3-8)22-6-12-13(7-22)29-16(25)21-12/h2-3,9,12-13H,4-7H2,1H3,(H,20,24)(H,21,25)/t9-,12+,13-/m0/s1. The highest BCUT2D eigenvalue weighted by Gasteiger charge is 2.43. The van der Waals surface area contributed by atoms with Crippen molar-refractivity contribution in [2.24, 2.45) is 0 Å². The summed E-state index contributed by atoms with van der Waals surface area (Å²) >= 11 is 0. The van der Waals surface area contributed by atoms with Crippen LogP contribution in [0.1, 0.15) is 0 Å². The van der Waals surface area contributed by atoms with Crippen LogP contribution in [0.3, 0.4) is 0 Å². The number of carbonyl (C=O) groups is 3. The highest BCUT2D eigenvalue weighted by Crippen LogP contribution is 2.34. The van der Waals surface area contributed by atoms with Crippen molar-refractivity contribution in [2.75, 3.05) is 43.1 Å². The molecule has 12 heteroatoms. The third-order valence-electron chi connectivity index (χ3n) is 4.99. The van der Waals surface area contributed by atoms with E-state index in [2.05, 4.69) is 15.4 Å². The molecule has 3 saturated heterocycles. The van der Waals surface area contributed by atoms with Gasteiger partial charge in [-0.3, -0.25) is 4.90 Å². The van der Waals surface area contributed by atoms with Gasteiger partial charge in [0.25, 0.3) is 0 Å². The van der Waals surface area contributed by atoms with Crippen molar-refractivity contribution in [3.05, 3.63) is 23.8 Å². The first-order chi connectivity index (χ1) is 13.9. The van der Waals surface area contributed by atoms with Gasteiger partial charge in [-0.05, 0) is 0 Å². The van der Waals surface area contributed by atoms with Crippen LogP contribution in [0.25, 0.3) is 0 Å². The number of benzene rings is 1. The predicted molar refractivity (Wildman–Crippen MR) is 93.8 cm³/mol. The SMILES string of the molecule is COC(=O)NC[C@H]1CN(c2cc(F)c(N3C[C@@H]4OC(=O)N[C@@H]4C3)c(F)c2)C(=O)O1. The van der Waals surface area contributed by atoms with E-state index in [1.807, 2.05) is 0 Å². The van der Waals surface area contributed by atoms with E-state index in [0.717, 1.165) is 17.0 Å². The molecule has 29 heavy (non-hydrogen) atoms. The number of fused-ring (bicyclic) bond motifs is 1. The number of nitrogens with zero attached hydrogens (tertiary/aromatic N) is 2. The second-order valence-electron chi connectivity index (χ2n) is 6.85. The minimum absolute atomic E-state index is 0.000234. The first kappa shape index (κ1) is 19.0. The molecule has 3 amide bonds. The van der Waals surface area contributed by atoms with E-state index in [4.69, 9.17) is 9.47 Å². The summed E-state index contributed by atoms with van der Waals surface area (Å²) in [6.07, 6.45) is -3.17. The molecule has 156 valence electrons. The van der Waals surface area contributed by atoms with Crippen molar-refractivity contribution < 1.29 is 37.4 Å². The molecule has 3 aliphatic heterocycles. The van der Waals surface area contributed by atoms with E-state index in [0.29, 0.717) is 0 Å². The zero-order valence-corrected chi connectivity index (χ0v) is 15.3. The van der Waals surface area contributed by atoms with Crippen LogP contribution in [0, 0.1) is 11.6 Å². The Morgan fingerprint density at radius 1 is 1.24 bits per heavy atom. The molecule has 3 heterocycles. The van der Waals surface area contributed by atoms with Gasteiger partial charge >= 0.3 is 18.3 Å². The van der Waals surface area contributed by atoms with E-state index >= 15 is 0 Å². The molecule has 10 nitrogen and oxygen atoms in total. The smallest absolute Gasteiger partial charge is 0.414 e. The van der Waals surface area contributed by atoms with Crippen molar-refractivity contribution in [1.29, 1.82) is 0 Å². The van der Waals surface area contributed by atoms with Crippen LogP contribution in [-0.2, 0) is 14.2 Å². The van der Waals surface area contributed by atoms with Crippen LogP contribution in [0.5, 0.6) is 0 Å². The third-order valence-corrected chi connectivity index (χ3v) is 4.99. The number of halogens is 2. The molecular formula is C17H18F2N4O6. The van der Waals surface area contributed by atoms with Gasteiger partial charge in [0.2, 0.25) is 0 Å². The topological polar surface area (TPSA) is 109 Å². The molecule has 0 aliphatic carbocycles. The number of hydrogen-bond acceptors (Lipinski definition) is 7. The van der Waals surface area contributed by atoms with Gasteiger partial charge in [0.1, 0.15) is 17.9 Å². The molecular weight excluding hydrogens is 394 g/mol. The second-order valence-corrected chi connectivity index (χ2v) is 6.85. The minimum atomic E-state index is -0.852. The normalized spacial score (nSPS) is 25.4. The molecule has 2 N–H and O–H groups in total. The fourth-order valence-electron chi connectivity index (χ4n) is 3.66. The average Bonchev–Trinajstić information content (AvgIpc) is 3.31. The number of ether oxygens (including phenoxy) is 3. The molecule has 0 aromatic heterocycles. The van der Waals surface area contributed by atoms with Crippen LogP contribution < -0.4 is 20.4 Å². The Morgan fingerprint density at radius 3 is 2.62 bits per heavy atom. The Balaban J connectivity index is 1.47. The molecule has 3 fully saturated rings. The molecule has 0 saturated carbocycles. The van der Waals surface area contributed by atoms with Gasteiger partial charge in [0.05, 0.1) is 38.5 Å². The lowest BCUT2D eigenvalue weighted by molar-refractivity contribution is 0.132. The van der Waals surface area contributed by atoms with Gasteiger partial charge in [-0.15, -0.1) is 0 Å². The van der Waals surface area contributed by atoms with Gasteiger partial charge in [-0.1, -0.05) is 0 Å². The Morgan fingerprint density at radius 2 is 1.97 bits per heavy atom. The lowest BCUT2D eigenvalue weighted by atomic mass is 10.2. The maximum Gasteiger partial charge on any atom is 0.414 e. The Hall–Kier alpha value is -3.31. The number of nitrogens with one attached hydrogen (secondary N) is 2. The van der Waals surface area contributed by atoms with Crippen LogP contribution in [0.2, 0.25) is 0 Å². The van der Waals surface area contributed by atoms with Gasteiger partial charge in [0, 0.05) is 18.7 Å². The summed E-state index contributed by atoms with van der Waals surface area (Å²) in [5.74, 6) is -1.70. The number of cyclic esters (lactones) is 1. The predicted octanol–water partition coefficient (Wildman–Crippen LogP) is 0.943. The number of alkyl carbamates (subject to hydrolysis) is 2. The summed E-state index contributed by atoms with van der Waals surface area (Å²) in [6.45, 7) is 0.370. The van der Waals surface area contributed by atoms with Gasteiger partial charge in [-0.2, -0.15) is 0 Å². The first-order valence-electron chi connectivity index (χ1n) is 8.87. The molecule has 4 rings (SSSR count). The zero-order chi connectivity index (χ0) is 20.7. The molecule has 0 unspecified atom stereocenters. The van der Waals surface area contributed by atoms with Crippen molar-refractivity contribution in [1.82, 2.24) is 10.6 Å². The molecule has 0 spiro atoms. The maximum absolute atomic E-state index is 14.7. The molecule has 3 atom stereocenters. The molecule has 0 radical (unpaired) electrons. The van der Waals surface area contributed by atoms with Gasteiger partial charge in [-0.25, -0.2) is 23.2 Å². The fourth-order valence-corrected chi connectivity index (χ4v) is 3.66. The van der Waals surface area contributed by atoms with E-state index in [1.54, 1.807) is 0 Å². The summed E-state index contributed by atoms with van der Waals surface area (Å²) in [5, 5.41) is 4.99. The van der Waals surface area contributed by atoms with Crippen molar-refractivity contribution in [3.8, 4) is 0 Å². The summed E-state index contributed by atoms with van der Waals surface area (Å²) in [5.41, 5.74) is -0.254. The van der Waals surface area contributed by atoms with E-state index < -0.39 is 42.1 Å². The number of anilines is 2. The maximum atomic E-state index is 14.7. The van der Waals surface area contributed by atoms with Crippen LogP contribution in [0.4, 0.5) is 34.5 Å². The Bertz CT molecular complexity index is 829. The average molecular weight is 412 g/mol. The molecule has 1 aromatic carbocycles. The third kappa shape index (κ3) is 3.57. The zero-order valence-electron chi connectivity index (χ0n) is 15.3.